The summed E-state index contributed by atoms with van der Waals surface area (Å²) in [6.45, 7) is 5.28. The largest absolute Gasteiger partial charge is 0.469 e. The molecule has 0 bridgehead atoms. The van der Waals surface area contributed by atoms with Crippen LogP contribution in [0.5, 0.6) is 0 Å². The molecule has 19 heavy (non-hydrogen) atoms. The minimum atomic E-state index is -1.66. The second-order valence-electron chi connectivity index (χ2n) is 5.20. The summed E-state index contributed by atoms with van der Waals surface area (Å²) in [7, 11) is 1.18. The minimum absolute atomic E-state index is 0.126. The zero-order chi connectivity index (χ0) is 15.2. The van der Waals surface area contributed by atoms with Gasteiger partial charge in [-0.25, -0.2) is 13.6 Å². The van der Waals surface area contributed by atoms with Crippen LogP contribution in [0.4, 0.5) is 13.6 Å². The van der Waals surface area contributed by atoms with Crippen molar-refractivity contribution in [3.63, 3.8) is 0 Å². The topological polar surface area (TPSA) is 78.6 Å². The quantitative estimate of drug-likeness (QED) is 0.747. The molecule has 7 heteroatoms. The average Bonchev–Trinajstić information content (AvgIpc) is 2.56. The average molecular weight is 281 g/mol. The van der Waals surface area contributed by atoms with Gasteiger partial charge in [-0.3, -0.25) is 4.79 Å². The van der Waals surface area contributed by atoms with Gasteiger partial charge in [0, 0.05) is 0 Å². The molecule has 0 radical (unpaired) electrons. The highest BCUT2D eigenvalue weighted by atomic mass is 19.2. The van der Waals surface area contributed by atoms with Crippen molar-refractivity contribution in [3.8, 4) is 0 Å². The molecule has 0 heterocycles. The molecule has 0 aromatic carbocycles. The fourth-order valence-corrected chi connectivity index (χ4v) is 1.61. The Labute approximate surface area is 111 Å². The number of alkyl halides is 2. The molecule has 0 aromatic rings. The van der Waals surface area contributed by atoms with Gasteiger partial charge in [0.05, 0.1) is 13.0 Å². The van der Waals surface area contributed by atoms with E-state index in [-0.39, 0.29) is 12.8 Å². The van der Waals surface area contributed by atoms with E-state index in [4.69, 9.17) is 5.73 Å². The SMILES string of the molecule is CC(C)(C)OC(N)=O.COC(=O)C1CCC(F)C1F. The first-order valence-corrected chi connectivity index (χ1v) is 5.93. The van der Waals surface area contributed by atoms with E-state index in [9.17, 15) is 18.4 Å². The highest BCUT2D eigenvalue weighted by Gasteiger charge is 2.41. The van der Waals surface area contributed by atoms with E-state index in [2.05, 4.69) is 9.47 Å². The van der Waals surface area contributed by atoms with Gasteiger partial charge in [-0.05, 0) is 33.6 Å². The van der Waals surface area contributed by atoms with Crippen LogP contribution in [0.15, 0.2) is 0 Å². The third-order valence-corrected chi connectivity index (χ3v) is 2.39. The second-order valence-corrected chi connectivity index (χ2v) is 5.20. The molecule has 2 N–H and O–H groups in total. The van der Waals surface area contributed by atoms with Gasteiger partial charge in [0.25, 0.3) is 0 Å². The fraction of sp³-hybridized carbons (Fsp3) is 0.833. The van der Waals surface area contributed by atoms with E-state index in [1.165, 1.54) is 7.11 Å². The summed E-state index contributed by atoms with van der Waals surface area (Å²) in [5, 5.41) is 0. The van der Waals surface area contributed by atoms with Crippen LogP contribution in [0.2, 0.25) is 0 Å². The molecule has 1 aliphatic rings. The normalized spacial score (nSPS) is 26.1. The highest BCUT2D eigenvalue weighted by molar-refractivity contribution is 5.73. The van der Waals surface area contributed by atoms with Gasteiger partial charge < -0.3 is 15.2 Å². The maximum atomic E-state index is 12.7. The monoisotopic (exact) mass is 281 g/mol. The van der Waals surface area contributed by atoms with Crippen molar-refractivity contribution in [3.05, 3.63) is 0 Å². The predicted octanol–water partition coefficient (Wildman–Crippen LogP) is 2.13. The molecule has 3 atom stereocenters. The molecule has 1 fully saturated rings. The molecule has 1 saturated carbocycles. The van der Waals surface area contributed by atoms with Gasteiger partial charge in [-0.15, -0.1) is 0 Å². The number of rotatable bonds is 1. The molecule has 3 unspecified atom stereocenters. The van der Waals surface area contributed by atoms with Crippen molar-refractivity contribution in [1.82, 2.24) is 0 Å². The lowest BCUT2D eigenvalue weighted by molar-refractivity contribution is -0.147. The van der Waals surface area contributed by atoms with E-state index in [0.717, 1.165) is 0 Å². The Morgan fingerprint density at radius 2 is 1.74 bits per heavy atom. The number of primary amides is 1. The van der Waals surface area contributed by atoms with E-state index in [0.29, 0.717) is 0 Å². The number of nitrogens with two attached hydrogens (primary N) is 1. The number of carbonyl (C=O) groups excluding carboxylic acids is 2. The van der Waals surface area contributed by atoms with Gasteiger partial charge in [-0.2, -0.15) is 0 Å². The number of ether oxygens (including phenoxy) is 2. The number of methoxy groups -OCH3 is 1. The maximum Gasteiger partial charge on any atom is 0.405 e. The van der Waals surface area contributed by atoms with Crippen molar-refractivity contribution < 1.29 is 27.8 Å². The summed E-state index contributed by atoms with van der Waals surface area (Å²) in [6.07, 6.45) is -3.49. The van der Waals surface area contributed by atoms with E-state index >= 15 is 0 Å². The highest BCUT2D eigenvalue weighted by Crippen LogP contribution is 2.31. The molecule has 1 amide bonds. The number of halogens is 2. The lowest BCUT2D eigenvalue weighted by atomic mass is 10.1. The molecular formula is C12H21F2NO4. The number of carbonyl (C=O) groups is 2. The zero-order valence-corrected chi connectivity index (χ0v) is 11.6. The zero-order valence-electron chi connectivity index (χ0n) is 11.6. The van der Waals surface area contributed by atoms with Crippen molar-refractivity contribution in [2.45, 2.75) is 51.6 Å². The molecule has 0 aromatic heterocycles. The third kappa shape index (κ3) is 6.93. The van der Waals surface area contributed by atoms with Gasteiger partial charge in [-0.1, -0.05) is 0 Å². The fourth-order valence-electron chi connectivity index (χ4n) is 1.61. The van der Waals surface area contributed by atoms with Crippen molar-refractivity contribution in [1.29, 1.82) is 0 Å². The Morgan fingerprint density at radius 1 is 1.21 bits per heavy atom. The van der Waals surface area contributed by atoms with Gasteiger partial charge >= 0.3 is 12.1 Å². The van der Waals surface area contributed by atoms with E-state index in [1.807, 2.05) is 0 Å². The lowest BCUT2D eigenvalue weighted by Gasteiger charge is -2.16. The lowest BCUT2D eigenvalue weighted by Crippen LogP contribution is -2.27. The van der Waals surface area contributed by atoms with Crippen molar-refractivity contribution in [2.75, 3.05) is 7.11 Å². The number of amides is 1. The first-order chi connectivity index (χ1) is 8.58. The smallest absolute Gasteiger partial charge is 0.405 e. The Balaban J connectivity index is 0.000000362. The standard InChI is InChI=1S/C7H10F2O2.C5H11NO2/c1-11-7(10)4-2-3-5(8)6(4)9;1-5(2,3)8-4(6)7/h4-6H,2-3H2,1H3;1-3H3,(H2,6,7). The Kier molecular flexibility index (Phi) is 6.72. The Morgan fingerprint density at radius 3 is 1.95 bits per heavy atom. The molecule has 112 valence electrons. The third-order valence-electron chi connectivity index (χ3n) is 2.39. The van der Waals surface area contributed by atoms with Crippen molar-refractivity contribution >= 4 is 12.1 Å². The number of esters is 1. The summed E-state index contributed by atoms with van der Waals surface area (Å²) < 4.78 is 34.1. The molecule has 0 aliphatic heterocycles. The summed E-state index contributed by atoms with van der Waals surface area (Å²) >= 11 is 0. The summed E-state index contributed by atoms with van der Waals surface area (Å²) in [5.74, 6) is -1.52. The second kappa shape index (κ2) is 7.25. The van der Waals surface area contributed by atoms with E-state index < -0.39 is 35.9 Å². The molecule has 0 spiro atoms. The minimum Gasteiger partial charge on any atom is -0.469 e. The van der Waals surface area contributed by atoms with E-state index in [1.54, 1.807) is 20.8 Å². The van der Waals surface area contributed by atoms with Crippen LogP contribution >= 0.6 is 0 Å². The first-order valence-electron chi connectivity index (χ1n) is 5.93. The van der Waals surface area contributed by atoms with Crippen LogP contribution in [-0.2, 0) is 14.3 Å². The Bertz CT molecular complexity index is 317. The van der Waals surface area contributed by atoms with Crippen molar-refractivity contribution in [2.24, 2.45) is 11.7 Å². The molecular weight excluding hydrogens is 260 g/mol. The molecule has 1 aliphatic carbocycles. The first kappa shape index (κ1) is 17.6. The van der Waals surface area contributed by atoms with Gasteiger partial charge in [0.1, 0.15) is 17.9 Å². The van der Waals surface area contributed by atoms with Gasteiger partial charge in [0.2, 0.25) is 0 Å². The molecule has 0 saturated heterocycles. The number of hydrogen-bond acceptors (Lipinski definition) is 4. The van der Waals surface area contributed by atoms with Crippen LogP contribution in [0, 0.1) is 5.92 Å². The molecule has 5 nitrogen and oxygen atoms in total. The van der Waals surface area contributed by atoms with Crippen LogP contribution in [0.3, 0.4) is 0 Å². The predicted molar refractivity (Wildman–Crippen MR) is 65.0 cm³/mol. The summed E-state index contributed by atoms with van der Waals surface area (Å²) in [5.41, 5.74) is 4.26. The molecule has 1 rings (SSSR count). The van der Waals surface area contributed by atoms with Crippen LogP contribution < -0.4 is 5.73 Å². The summed E-state index contributed by atoms with van der Waals surface area (Å²) in [4.78, 5) is 20.8. The van der Waals surface area contributed by atoms with Crippen LogP contribution in [-0.4, -0.2) is 37.1 Å². The van der Waals surface area contributed by atoms with Crippen LogP contribution in [0.1, 0.15) is 33.6 Å². The number of hydrogen-bond donors (Lipinski definition) is 1. The van der Waals surface area contributed by atoms with Gasteiger partial charge in [0.15, 0.2) is 0 Å². The maximum absolute atomic E-state index is 12.7. The summed E-state index contributed by atoms with van der Waals surface area (Å²) in [6, 6.07) is 0. The van der Waals surface area contributed by atoms with Crippen LogP contribution in [0.25, 0.3) is 0 Å². The Hall–Kier alpha value is -1.40.